The minimum absolute atomic E-state index is 0.136. The third-order valence-corrected chi connectivity index (χ3v) is 6.31. The van der Waals surface area contributed by atoms with Crippen molar-refractivity contribution >= 4 is 23.3 Å². The highest BCUT2D eigenvalue weighted by molar-refractivity contribution is 6.33. The number of piperidine rings is 1. The highest BCUT2D eigenvalue weighted by Crippen LogP contribution is 2.26. The Labute approximate surface area is 195 Å². The summed E-state index contributed by atoms with van der Waals surface area (Å²) in [5.74, 6) is 1.64. The smallest absolute Gasteiger partial charge is 0.322 e. The second-order valence-electron chi connectivity index (χ2n) is 8.55. The first-order valence-electron chi connectivity index (χ1n) is 11.1. The van der Waals surface area contributed by atoms with E-state index in [0.29, 0.717) is 17.3 Å². The van der Waals surface area contributed by atoms with Crippen LogP contribution >= 0.6 is 11.6 Å². The zero-order chi connectivity index (χ0) is 22.5. The number of nitrogens with zero attached hydrogens (tertiary/aromatic N) is 2. The van der Waals surface area contributed by atoms with Gasteiger partial charge in [-0.2, -0.15) is 0 Å². The third-order valence-electron chi connectivity index (χ3n) is 6.00. The molecule has 168 valence electrons. The molecule has 2 heterocycles. The fourth-order valence-corrected chi connectivity index (χ4v) is 4.53. The van der Waals surface area contributed by atoms with E-state index in [1.54, 1.807) is 0 Å². The second-order valence-corrected chi connectivity index (χ2v) is 8.95. The Hall–Kier alpha value is -2.76. The molecule has 0 bridgehead atoms. The van der Waals surface area contributed by atoms with Crippen molar-refractivity contribution in [3.63, 3.8) is 0 Å². The maximum absolute atomic E-state index is 13.3. The number of hydrogen-bond donors (Lipinski definition) is 1. The van der Waals surface area contributed by atoms with Crippen LogP contribution in [0.25, 0.3) is 0 Å². The molecule has 2 aromatic carbocycles. The van der Waals surface area contributed by atoms with Crippen molar-refractivity contribution in [3.8, 4) is 0 Å². The van der Waals surface area contributed by atoms with Gasteiger partial charge in [-0.3, -0.25) is 4.90 Å². The minimum Gasteiger partial charge on any atom is -0.464 e. The molecule has 3 aromatic rings. The highest BCUT2D eigenvalue weighted by atomic mass is 35.5. The van der Waals surface area contributed by atoms with Crippen LogP contribution in [0.3, 0.4) is 0 Å². The van der Waals surface area contributed by atoms with Crippen molar-refractivity contribution < 1.29 is 9.21 Å². The van der Waals surface area contributed by atoms with Crippen LogP contribution in [0, 0.1) is 13.8 Å². The fourth-order valence-electron chi connectivity index (χ4n) is 4.24. The molecule has 0 spiro atoms. The summed E-state index contributed by atoms with van der Waals surface area (Å²) in [7, 11) is 0. The van der Waals surface area contributed by atoms with Gasteiger partial charge in [-0.05, 0) is 62.1 Å². The van der Waals surface area contributed by atoms with Crippen molar-refractivity contribution in [2.75, 3.05) is 18.4 Å². The number of furan rings is 1. The van der Waals surface area contributed by atoms with E-state index < -0.39 is 0 Å². The number of hydrogen-bond acceptors (Lipinski definition) is 3. The first-order valence-corrected chi connectivity index (χ1v) is 11.5. The van der Waals surface area contributed by atoms with Crippen molar-refractivity contribution in [2.45, 2.75) is 45.8 Å². The number of halogens is 1. The molecule has 1 aromatic heterocycles. The third kappa shape index (κ3) is 5.72. The second kappa shape index (κ2) is 10.2. The molecule has 32 heavy (non-hydrogen) atoms. The minimum atomic E-state index is -0.147. The number of nitrogens with one attached hydrogen (secondary N) is 1. The Kier molecular flexibility index (Phi) is 7.18. The zero-order valence-corrected chi connectivity index (χ0v) is 19.4. The molecular weight excluding hydrogens is 422 g/mol. The Morgan fingerprint density at radius 2 is 1.84 bits per heavy atom. The molecule has 4 rings (SSSR count). The van der Waals surface area contributed by atoms with E-state index in [2.05, 4.69) is 34.5 Å². The number of carbonyl (C=O) groups is 1. The summed E-state index contributed by atoms with van der Waals surface area (Å²) >= 11 is 6.37. The van der Waals surface area contributed by atoms with Gasteiger partial charge in [0.2, 0.25) is 0 Å². The molecule has 1 fully saturated rings. The predicted octanol–water partition coefficient (Wildman–Crippen LogP) is 6.25. The lowest BCUT2D eigenvalue weighted by Crippen LogP contribution is -2.48. The van der Waals surface area contributed by atoms with E-state index in [0.717, 1.165) is 49.6 Å². The van der Waals surface area contributed by atoms with Crippen molar-refractivity contribution in [1.29, 1.82) is 0 Å². The largest absolute Gasteiger partial charge is 0.464 e. The van der Waals surface area contributed by atoms with Gasteiger partial charge in [0.1, 0.15) is 11.5 Å². The number of urea groups is 1. The summed E-state index contributed by atoms with van der Waals surface area (Å²) in [5.41, 5.74) is 3.01. The Balaban J connectivity index is 1.45. The van der Waals surface area contributed by atoms with Crippen molar-refractivity contribution in [3.05, 3.63) is 88.3 Å². The Morgan fingerprint density at radius 3 is 2.50 bits per heavy atom. The Morgan fingerprint density at radius 1 is 1.09 bits per heavy atom. The number of anilines is 1. The molecule has 1 N–H and O–H groups in total. The quantitative estimate of drug-likeness (QED) is 0.482. The van der Waals surface area contributed by atoms with Gasteiger partial charge < -0.3 is 14.6 Å². The molecular formula is C26H30ClN3O2. The molecule has 1 saturated heterocycles. The number of carbonyl (C=O) groups excluding carboxylic acids is 1. The molecule has 1 aliphatic heterocycles. The molecule has 0 aliphatic carbocycles. The van der Waals surface area contributed by atoms with E-state index in [1.165, 1.54) is 5.56 Å². The molecule has 0 atom stereocenters. The predicted molar refractivity (Wildman–Crippen MR) is 129 cm³/mol. The van der Waals surface area contributed by atoms with Crippen molar-refractivity contribution in [1.82, 2.24) is 9.80 Å². The summed E-state index contributed by atoms with van der Waals surface area (Å²) < 4.78 is 5.79. The first-order chi connectivity index (χ1) is 15.5. The van der Waals surface area contributed by atoms with Crippen LogP contribution in [0.2, 0.25) is 5.02 Å². The maximum atomic E-state index is 13.3. The van der Waals surface area contributed by atoms with Gasteiger partial charge in [0.05, 0.1) is 17.3 Å². The van der Waals surface area contributed by atoms with Gasteiger partial charge in [-0.15, -0.1) is 0 Å². The topological polar surface area (TPSA) is 48.7 Å². The summed E-state index contributed by atoms with van der Waals surface area (Å²) in [6.45, 7) is 7.18. The van der Waals surface area contributed by atoms with Crippen LogP contribution < -0.4 is 5.32 Å². The van der Waals surface area contributed by atoms with Crippen LogP contribution in [0.1, 0.15) is 35.5 Å². The summed E-state index contributed by atoms with van der Waals surface area (Å²) in [5, 5.41) is 3.56. The lowest BCUT2D eigenvalue weighted by Gasteiger charge is -2.38. The number of likely N-dealkylation sites (tertiary alicyclic amines) is 1. The average Bonchev–Trinajstić information content (AvgIpc) is 3.20. The number of benzene rings is 2. The first kappa shape index (κ1) is 22.4. The summed E-state index contributed by atoms with van der Waals surface area (Å²) in [4.78, 5) is 17.7. The normalized spacial score (nSPS) is 15.0. The van der Waals surface area contributed by atoms with E-state index in [9.17, 15) is 4.79 Å². The van der Waals surface area contributed by atoms with Gasteiger partial charge in [0, 0.05) is 25.7 Å². The molecule has 0 radical (unpaired) electrons. The van der Waals surface area contributed by atoms with Gasteiger partial charge in [0.25, 0.3) is 0 Å². The number of rotatable bonds is 6. The SMILES string of the molecule is Cc1ccc(NC(=O)N(Cc2ccc(C)o2)C2CCN(Cc3ccccc3)CC2)c(Cl)c1. The summed E-state index contributed by atoms with van der Waals surface area (Å²) in [6, 6.07) is 20.1. The highest BCUT2D eigenvalue weighted by Gasteiger charge is 2.29. The van der Waals surface area contributed by atoms with Gasteiger partial charge in [-0.1, -0.05) is 48.0 Å². The Bertz CT molecular complexity index is 1040. The molecule has 6 heteroatoms. The van der Waals surface area contributed by atoms with Crippen LogP contribution in [0.15, 0.2) is 65.1 Å². The maximum Gasteiger partial charge on any atom is 0.322 e. The van der Waals surface area contributed by atoms with E-state index >= 15 is 0 Å². The monoisotopic (exact) mass is 451 g/mol. The molecule has 0 unspecified atom stereocenters. The number of aryl methyl sites for hydroxylation is 2. The van der Waals surface area contributed by atoms with E-state index in [4.69, 9.17) is 16.0 Å². The lowest BCUT2D eigenvalue weighted by atomic mass is 10.0. The van der Waals surface area contributed by atoms with Crippen LogP contribution in [-0.2, 0) is 13.1 Å². The number of amides is 2. The molecule has 5 nitrogen and oxygen atoms in total. The van der Waals surface area contributed by atoms with Crippen molar-refractivity contribution in [2.24, 2.45) is 0 Å². The van der Waals surface area contributed by atoms with Gasteiger partial charge in [-0.25, -0.2) is 4.79 Å². The summed E-state index contributed by atoms with van der Waals surface area (Å²) in [6.07, 6.45) is 1.84. The van der Waals surface area contributed by atoms with Gasteiger partial charge >= 0.3 is 6.03 Å². The standard InChI is InChI=1S/C26H30ClN3O2/c1-19-8-11-25(24(27)16-19)28-26(31)30(18-23-10-9-20(2)32-23)22-12-14-29(15-13-22)17-21-6-4-3-5-7-21/h3-11,16,22H,12-15,17-18H2,1-2H3,(H,28,31). The van der Waals surface area contributed by atoms with E-state index in [1.807, 2.05) is 55.1 Å². The molecule has 0 saturated carbocycles. The average molecular weight is 452 g/mol. The van der Waals surface area contributed by atoms with Crippen LogP contribution in [0.4, 0.5) is 10.5 Å². The molecule has 2 amide bonds. The fraction of sp³-hybridized carbons (Fsp3) is 0.346. The van der Waals surface area contributed by atoms with Crippen LogP contribution in [-0.4, -0.2) is 35.0 Å². The molecule has 1 aliphatic rings. The van der Waals surface area contributed by atoms with Crippen LogP contribution in [0.5, 0.6) is 0 Å². The zero-order valence-electron chi connectivity index (χ0n) is 18.7. The van der Waals surface area contributed by atoms with Gasteiger partial charge in [0.15, 0.2) is 0 Å². The lowest BCUT2D eigenvalue weighted by molar-refractivity contribution is 0.115. The van der Waals surface area contributed by atoms with E-state index in [-0.39, 0.29) is 12.1 Å².